The first-order chi connectivity index (χ1) is 30.6. The van der Waals surface area contributed by atoms with Crippen molar-refractivity contribution in [2.75, 3.05) is 0 Å². The maximum Gasteiger partial charge on any atom is 0.389 e. The van der Waals surface area contributed by atoms with Crippen molar-refractivity contribution in [1.29, 1.82) is 0 Å². The number of benzene rings is 2. The Kier molecular flexibility index (Phi) is 13.6. The lowest BCUT2D eigenvalue weighted by molar-refractivity contribution is -0.143. The number of hydrogen-bond acceptors (Lipinski definition) is 6. The van der Waals surface area contributed by atoms with Crippen LogP contribution in [0.3, 0.4) is 0 Å². The number of hydrogen-bond donors (Lipinski definition) is 0. The number of nitrogens with zero attached hydrogens (tertiary/aromatic N) is 8. The molecule has 8 aromatic rings. The van der Waals surface area contributed by atoms with Crippen molar-refractivity contribution in [2.24, 2.45) is 14.1 Å². The van der Waals surface area contributed by atoms with Crippen LogP contribution in [-0.2, 0) is 49.4 Å². The number of ketones is 2. The second kappa shape index (κ2) is 19.4. The van der Waals surface area contributed by atoms with Gasteiger partial charge in [-0.25, -0.2) is 19.9 Å². The molecule has 0 N–H and O–H groups in total. The first-order valence-corrected chi connectivity index (χ1v) is 20.3. The van der Waals surface area contributed by atoms with Crippen LogP contribution in [0, 0.1) is 11.8 Å². The minimum atomic E-state index is -4.32. The Morgan fingerprint density at radius 1 is 0.594 bits per heavy atom. The highest BCUT2D eigenvalue weighted by atomic mass is 19.4. The number of Topliss-reactive ketones (excluding diaryl/α,β-unsaturated/α-hetero) is 2. The first-order valence-electron chi connectivity index (χ1n) is 20.3. The number of halogens is 6. The van der Waals surface area contributed by atoms with Gasteiger partial charge >= 0.3 is 12.4 Å². The van der Waals surface area contributed by atoms with E-state index in [0.29, 0.717) is 16.8 Å². The van der Waals surface area contributed by atoms with E-state index in [9.17, 15) is 35.9 Å². The molecule has 6 aromatic heterocycles. The summed E-state index contributed by atoms with van der Waals surface area (Å²) in [5.74, 6) is 5.31. The number of imidazole rings is 4. The van der Waals surface area contributed by atoms with Crippen molar-refractivity contribution in [2.45, 2.75) is 63.7 Å². The van der Waals surface area contributed by atoms with Crippen LogP contribution in [-0.4, -0.2) is 61.8 Å². The van der Waals surface area contributed by atoms with Gasteiger partial charge in [0, 0.05) is 80.8 Å². The summed E-state index contributed by atoms with van der Waals surface area (Å²) < 4.78 is 81.8. The van der Waals surface area contributed by atoms with E-state index >= 15 is 0 Å². The molecule has 0 amide bonds. The second-order valence-electron chi connectivity index (χ2n) is 15.4. The lowest BCUT2D eigenvalue weighted by Crippen LogP contribution is -2.12. The van der Waals surface area contributed by atoms with Gasteiger partial charge < -0.3 is 9.13 Å². The Bertz CT molecular complexity index is 2980. The normalized spacial score (nSPS) is 11.6. The lowest BCUT2D eigenvalue weighted by Gasteiger charge is -2.08. The Labute approximate surface area is 364 Å². The molecule has 0 radical (unpaired) electrons. The molecule has 64 heavy (non-hydrogen) atoms. The van der Waals surface area contributed by atoms with Crippen LogP contribution in [0.2, 0.25) is 0 Å². The van der Waals surface area contributed by atoms with Crippen LogP contribution < -0.4 is 0 Å². The zero-order chi connectivity index (χ0) is 45.4. The van der Waals surface area contributed by atoms with Gasteiger partial charge in [0.15, 0.2) is 0 Å². The van der Waals surface area contributed by atoms with E-state index in [1.807, 2.05) is 99.2 Å². The Balaban J connectivity index is 0.000000191. The maximum absolute atomic E-state index is 12.4. The maximum atomic E-state index is 12.4. The highest BCUT2D eigenvalue weighted by molar-refractivity contribution is 5.82. The number of fused-ring (bicyclic) bond motifs is 2. The highest BCUT2D eigenvalue weighted by Gasteiger charge is 2.28. The fraction of sp³-hybridized carbons (Fsp3) is 0.250. The number of alkyl halides is 6. The van der Waals surface area contributed by atoms with Crippen LogP contribution in [0.4, 0.5) is 26.3 Å². The summed E-state index contributed by atoms with van der Waals surface area (Å²) in [5, 5.41) is 0. The lowest BCUT2D eigenvalue weighted by atomic mass is 10.0. The minimum Gasteiger partial charge on any atom is -0.338 e. The number of carbonyl (C=O) groups is 2. The molecule has 328 valence electrons. The smallest absolute Gasteiger partial charge is 0.338 e. The molecule has 10 nitrogen and oxygen atoms in total. The number of rotatable bonds is 13. The molecule has 2 aromatic carbocycles. The van der Waals surface area contributed by atoms with Crippen molar-refractivity contribution in [3.8, 4) is 34.4 Å². The number of aryl methyl sites for hydroxylation is 4. The zero-order valence-corrected chi connectivity index (χ0v) is 34.9. The molecule has 0 atom stereocenters. The molecule has 0 spiro atoms. The molecule has 0 fully saturated rings. The number of aromatic nitrogens is 8. The molecular weight excluding hydrogens is 835 g/mol. The van der Waals surface area contributed by atoms with Gasteiger partial charge in [0.2, 0.25) is 0 Å². The summed E-state index contributed by atoms with van der Waals surface area (Å²) in [6.45, 7) is 0. The molecule has 16 heteroatoms. The average molecular weight is 877 g/mol. The predicted octanol–water partition coefficient (Wildman–Crippen LogP) is 9.56. The highest BCUT2D eigenvalue weighted by Crippen LogP contribution is 2.27. The molecule has 6 heterocycles. The van der Waals surface area contributed by atoms with Gasteiger partial charge in [0.25, 0.3) is 0 Å². The summed E-state index contributed by atoms with van der Waals surface area (Å²) in [5.41, 5.74) is 10.2. The molecule has 0 aliphatic rings. The molecule has 0 saturated heterocycles. The van der Waals surface area contributed by atoms with Gasteiger partial charge in [-0.3, -0.25) is 18.4 Å². The van der Waals surface area contributed by atoms with Crippen molar-refractivity contribution >= 4 is 22.9 Å². The van der Waals surface area contributed by atoms with E-state index in [1.165, 1.54) is 5.56 Å². The van der Waals surface area contributed by atoms with E-state index in [4.69, 9.17) is 0 Å². The standard InChI is InChI=1S/C24H23F3N4O.C24H19F3N4O/c2*1-30-16-28-14-20(30)6-5-17-8-10-31-22(15-29-23(31)13-17)19-4-2-3-18(11-19)12-21(32)7-9-24(25,26)27/h2-4,8,10-11,13-16H,5-7,9,12H2,1H3;2-4,8,10-11,13-16H,7,9,12H2,1H3. The third-order valence-electron chi connectivity index (χ3n) is 10.5. The topological polar surface area (TPSA) is 104 Å². The number of carbonyl (C=O) groups excluding carboxylic acids is 2. The van der Waals surface area contributed by atoms with Crippen LogP contribution in [0.5, 0.6) is 0 Å². The van der Waals surface area contributed by atoms with Gasteiger partial charge in [0.05, 0.1) is 55.5 Å². The summed E-state index contributed by atoms with van der Waals surface area (Å²) in [4.78, 5) is 41.0. The van der Waals surface area contributed by atoms with Crippen LogP contribution in [0.1, 0.15) is 59.3 Å². The fourth-order valence-electron chi connectivity index (χ4n) is 7.05. The van der Waals surface area contributed by atoms with Gasteiger partial charge in [-0.15, -0.1) is 0 Å². The molecule has 0 aliphatic carbocycles. The van der Waals surface area contributed by atoms with E-state index in [0.717, 1.165) is 58.0 Å². The average Bonchev–Trinajstić information content (AvgIpc) is 4.07. The second-order valence-corrected chi connectivity index (χ2v) is 15.4. The summed E-state index contributed by atoms with van der Waals surface area (Å²) in [6.07, 6.45) is 4.25. The molecular formula is C48H42F6N8O2. The van der Waals surface area contributed by atoms with Crippen molar-refractivity contribution in [3.05, 3.63) is 156 Å². The summed E-state index contributed by atoms with van der Waals surface area (Å²) >= 11 is 0. The molecule has 0 saturated carbocycles. The van der Waals surface area contributed by atoms with Crippen molar-refractivity contribution in [1.82, 2.24) is 37.9 Å². The third kappa shape index (κ3) is 12.0. The van der Waals surface area contributed by atoms with Gasteiger partial charge in [0.1, 0.15) is 28.6 Å². The first kappa shape index (κ1) is 44.8. The molecule has 0 aliphatic heterocycles. The van der Waals surface area contributed by atoms with Crippen LogP contribution in [0.25, 0.3) is 33.8 Å². The van der Waals surface area contributed by atoms with Gasteiger partial charge in [-0.05, 0) is 71.9 Å². The largest absolute Gasteiger partial charge is 0.389 e. The predicted molar refractivity (Wildman–Crippen MR) is 229 cm³/mol. The SMILES string of the molecule is Cn1cncc1C#Cc1ccn2c(-c3cccc(CC(=O)CCC(F)(F)F)c3)cnc2c1.Cn1cncc1CCc1ccn2c(-c3cccc(CC(=O)CCC(F)(F)F)c3)cnc2c1. The van der Waals surface area contributed by atoms with Gasteiger partial charge in [-0.1, -0.05) is 42.3 Å². The van der Waals surface area contributed by atoms with E-state index in [1.54, 1.807) is 49.4 Å². The molecule has 8 rings (SSSR count). The molecule has 0 bridgehead atoms. The van der Waals surface area contributed by atoms with E-state index < -0.39 is 49.6 Å². The van der Waals surface area contributed by atoms with Crippen molar-refractivity contribution < 1.29 is 35.9 Å². The van der Waals surface area contributed by atoms with Crippen LogP contribution in [0.15, 0.2) is 123 Å². The summed E-state index contributed by atoms with van der Waals surface area (Å²) in [7, 11) is 3.85. The number of pyridine rings is 2. The molecule has 0 unspecified atom stereocenters. The van der Waals surface area contributed by atoms with Crippen LogP contribution >= 0.6 is 0 Å². The summed E-state index contributed by atoms with van der Waals surface area (Å²) in [6, 6.07) is 22.4. The minimum absolute atomic E-state index is 0.0151. The van der Waals surface area contributed by atoms with Crippen molar-refractivity contribution in [3.63, 3.8) is 0 Å². The Morgan fingerprint density at radius 2 is 1.14 bits per heavy atom. The zero-order valence-electron chi connectivity index (χ0n) is 34.9. The van der Waals surface area contributed by atoms with Gasteiger partial charge in [-0.2, -0.15) is 26.3 Å². The van der Waals surface area contributed by atoms with E-state index in [2.05, 4.69) is 37.8 Å². The Morgan fingerprint density at radius 3 is 1.67 bits per heavy atom. The monoisotopic (exact) mass is 876 g/mol. The third-order valence-corrected chi connectivity index (χ3v) is 10.5. The van der Waals surface area contributed by atoms with E-state index in [-0.39, 0.29) is 12.8 Å². The quantitative estimate of drug-likeness (QED) is 0.0845. The Hall–Kier alpha value is -7.28. The fourth-order valence-corrected chi connectivity index (χ4v) is 7.05.